The number of aromatic nitrogens is 4. The monoisotopic (exact) mass is 336 g/mol. The fraction of sp³-hybridized carbons (Fsp3) is 0.263. The van der Waals surface area contributed by atoms with E-state index in [1.807, 2.05) is 37.3 Å². The average molecular weight is 336 g/mol. The van der Waals surface area contributed by atoms with Crippen molar-refractivity contribution < 1.29 is 9.53 Å². The van der Waals surface area contributed by atoms with Crippen LogP contribution in [0.2, 0.25) is 0 Å². The van der Waals surface area contributed by atoms with E-state index in [-0.39, 0.29) is 5.97 Å². The van der Waals surface area contributed by atoms with Crippen LogP contribution in [-0.2, 0) is 17.7 Å². The number of carbonyl (C=O) groups excluding carboxylic acids is 1. The van der Waals surface area contributed by atoms with Gasteiger partial charge in [-0.3, -0.25) is 4.98 Å². The van der Waals surface area contributed by atoms with E-state index >= 15 is 0 Å². The Hall–Kier alpha value is -3.02. The quantitative estimate of drug-likeness (QED) is 0.490. The summed E-state index contributed by atoms with van der Waals surface area (Å²) in [5, 5.41) is 4.06. The predicted octanol–water partition coefficient (Wildman–Crippen LogP) is 2.82. The van der Waals surface area contributed by atoms with Crippen LogP contribution >= 0.6 is 0 Å². The second-order valence-corrected chi connectivity index (χ2v) is 5.80. The molecule has 0 saturated heterocycles. The van der Waals surface area contributed by atoms with E-state index in [9.17, 15) is 4.79 Å². The summed E-state index contributed by atoms with van der Waals surface area (Å²) >= 11 is 0. The lowest BCUT2D eigenvalue weighted by Gasteiger charge is -2.06. The Morgan fingerprint density at radius 3 is 2.72 bits per heavy atom. The maximum atomic E-state index is 12.1. The molecule has 0 fully saturated rings. The maximum absolute atomic E-state index is 12.1. The molecule has 1 aromatic carbocycles. The number of aryl methyl sites for hydroxylation is 2. The number of hydrogen-bond acceptors (Lipinski definition) is 5. The van der Waals surface area contributed by atoms with Gasteiger partial charge in [0, 0.05) is 11.4 Å². The number of hydrogen-bond donors (Lipinski definition) is 0. The molecule has 0 aliphatic carbocycles. The topological polar surface area (TPSA) is 69.9 Å². The lowest BCUT2D eigenvalue weighted by Crippen LogP contribution is -2.08. The average Bonchev–Trinajstić information content (AvgIpc) is 3.12. The van der Waals surface area contributed by atoms with Crippen LogP contribution in [0.1, 0.15) is 33.7 Å². The second-order valence-electron chi connectivity index (χ2n) is 5.80. The van der Waals surface area contributed by atoms with Crippen LogP contribution in [0.3, 0.4) is 0 Å². The molecule has 2 aromatic heterocycles. The zero-order valence-electron chi connectivity index (χ0n) is 14.1. The van der Waals surface area contributed by atoms with Gasteiger partial charge in [0.2, 0.25) is 0 Å². The van der Waals surface area contributed by atoms with Crippen molar-refractivity contribution in [3.05, 3.63) is 77.6 Å². The Labute approximate surface area is 146 Å². The molecule has 0 aliphatic heterocycles. The number of pyridine rings is 1. The van der Waals surface area contributed by atoms with Gasteiger partial charge in [-0.25, -0.2) is 14.5 Å². The van der Waals surface area contributed by atoms with Crippen LogP contribution in [0.5, 0.6) is 0 Å². The van der Waals surface area contributed by atoms with E-state index in [0.717, 1.165) is 29.8 Å². The molecule has 0 saturated carbocycles. The first kappa shape index (κ1) is 16.8. The molecule has 6 nitrogen and oxygen atoms in total. The van der Waals surface area contributed by atoms with E-state index in [0.29, 0.717) is 18.7 Å². The summed E-state index contributed by atoms with van der Waals surface area (Å²) in [6.45, 7) is 2.98. The van der Waals surface area contributed by atoms with Crippen molar-refractivity contribution in [1.82, 2.24) is 19.7 Å². The third kappa shape index (κ3) is 4.97. The van der Waals surface area contributed by atoms with Gasteiger partial charge in [0.05, 0.1) is 18.7 Å². The summed E-state index contributed by atoms with van der Waals surface area (Å²) in [4.78, 5) is 20.4. The number of esters is 1. The molecule has 0 atom stereocenters. The molecule has 25 heavy (non-hydrogen) atoms. The van der Waals surface area contributed by atoms with Crippen molar-refractivity contribution in [2.24, 2.45) is 0 Å². The Morgan fingerprint density at radius 2 is 2.00 bits per heavy atom. The first-order valence-electron chi connectivity index (χ1n) is 8.22. The first-order valence-corrected chi connectivity index (χ1v) is 8.22. The van der Waals surface area contributed by atoms with E-state index in [1.165, 1.54) is 6.33 Å². The van der Waals surface area contributed by atoms with Crippen molar-refractivity contribution in [3.8, 4) is 0 Å². The SMILES string of the molecule is Cc1cccc(CCCOC(=O)c2ccc(Cn3cncn3)cc2)n1. The summed E-state index contributed by atoms with van der Waals surface area (Å²) < 4.78 is 7.06. The highest BCUT2D eigenvalue weighted by atomic mass is 16.5. The third-order valence-corrected chi connectivity index (χ3v) is 3.76. The van der Waals surface area contributed by atoms with Crippen LogP contribution in [0.25, 0.3) is 0 Å². The zero-order valence-corrected chi connectivity index (χ0v) is 14.1. The maximum Gasteiger partial charge on any atom is 0.338 e. The largest absolute Gasteiger partial charge is 0.462 e. The van der Waals surface area contributed by atoms with E-state index in [2.05, 4.69) is 15.1 Å². The molecule has 6 heteroatoms. The molecule has 2 heterocycles. The normalized spacial score (nSPS) is 10.6. The summed E-state index contributed by atoms with van der Waals surface area (Å²) in [5.41, 5.74) is 3.62. The number of benzene rings is 1. The molecule has 0 radical (unpaired) electrons. The van der Waals surface area contributed by atoms with Crippen molar-refractivity contribution >= 4 is 5.97 Å². The highest BCUT2D eigenvalue weighted by molar-refractivity contribution is 5.89. The van der Waals surface area contributed by atoms with Gasteiger partial charge in [0.1, 0.15) is 12.7 Å². The van der Waals surface area contributed by atoms with Crippen LogP contribution in [0.4, 0.5) is 0 Å². The fourth-order valence-electron chi connectivity index (χ4n) is 2.49. The molecule has 3 rings (SSSR count). The summed E-state index contributed by atoms with van der Waals surface area (Å²) in [7, 11) is 0. The van der Waals surface area contributed by atoms with E-state index < -0.39 is 0 Å². The minimum absolute atomic E-state index is 0.301. The third-order valence-electron chi connectivity index (χ3n) is 3.76. The number of ether oxygens (including phenoxy) is 1. The minimum atomic E-state index is -0.301. The molecule has 0 N–H and O–H groups in total. The van der Waals surface area contributed by atoms with Gasteiger partial charge in [-0.1, -0.05) is 18.2 Å². The van der Waals surface area contributed by atoms with Gasteiger partial charge in [0.25, 0.3) is 0 Å². The lowest BCUT2D eigenvalue weighted by molar-refractivity contribution is 0.0500. The van der Waals surface area contributed by atoms with Crippen molar-refractivity contribution in [2.75, 3.05) is 6.61 Å². The summed E-state index contributed by atoms with van der Waals surface area (Å²) in [6, 6.07) is 13.3. The molecule has 3 aromatic rings. The van der Waals surface area contributed by atoms with Crippen LogP contribution in [0, 0.1) is 6.92 Å². The summed E-state index contributed by atoms with van der Waals surface area (Å²) in [5.74, 6) is -0.301. The standard InChI is InChI=1S/C19H20N4O2/c1-15-4-2-5-18(22-15)6-3-11-25-19(24)17-9-7-16(8-10-17)12-23-14-20-13-21-23/h2,4-5,7-10,13-14H,3,6,11-12H2,1H3. The molecule has 0 spiro atoms. The first-order chi connectivity index (χ1) is 12.2. The predicted molar refractivity (Wildman–Crippen MR) is 93.1 cm³/mol. The van der Waals surface area contributed by atoms with Crippen LogP contribution in [-0.4, -0.2) is 32.3 Å². The smallest absolute Gasteiger partial charge is 0.338 e. The number of rotatable bonds is 7. The van der Waals surface area contributed by atoms with Gasteiger partial charge < -0.3 is 4.74 Å². The summed E-state index contributed by atoms with van der Waals surface area (Å²) in [6.07, 6.45) is 4.71. The van der Waals surface area contributed by atoms with E-state index in [4.69, 9.17) is 4.74 Å². The molecule has 128 valence electrons. The Balaban J connectivity index is 1.45. The van der Waals surface area contributed by atoms with Gasteiger partial charge in [-0.15, -0.1) is 0 Å². The van der Waals surface area contributed by atoms with Gasteiger partial charge in [0.15, 0.2) is 0 Å². The molecular formula is C19H20N4O2. The van der Waals surface area contributed by atoms with E-state index in [1.54, 1.807) is 23.1 Å². The minimum Gasteiger partial charge on any atom is -0.462 e. The van der Waals surface area contributed by atoms with Gasteiger partial charge >= 0.3 is 5.97 Å². The molecule has 0 unspecified atom stereocenters. The highest BCUT2D eigenvalue weighted by Gasteiger charge is 2.07. The van der Waals surface area contributed by atoms with Gasteiger partial charge in [-0.2, -0.15) is 5.10 Å². The molecule has 0 amide bonds. The Kier molecular flexibility index (Phi) is 5.51. The lowest BCUT2D eigenvalue weighted by atomic mass is 10.1. The van der Waals surface area contributed by atoms with Crippen LogP contribution in [0.15, 0.2) is 55.1 Å². The highest BCUT2D eigenvalue weighted by Crippen LogP contribution is 2.08. The number of carbonyl (C=O) groups is 1. The Morgan fingerprint density at radius 1 is 1.16 bits per heavy atom. The van der Waals surface area contributed by atoms with Gasteiger partial charge in [-0.05, 0) is 49.6 Å². The molecule has 0 bridgehead atoms. The van der Waals surface area contributed by atoms with Crippen LogP contribution < -0.4 is 0 Å². The zero-order chi connectivity index (χ0) is 17.5. The second kappa shape index (κ2) is 8.19. The Bertz CT molecular complexity index is 814. The fourth-order valence-corrected chi connectivity index (χ4v) is 2.49. The van der Waals surface area contributed by atoms with Crippen molar-refractivity contribution in [2.45, 2.75) is 26.3 Å². The van der Waals surface area contributed by atoms with Crippen molar-refractivity contribution in [1.29, 1.82) is 0 Å². The molecular weight excluding hydrogens is 316 g/mol. The molecule has 0 aliphatic rings. The van der Waals surface area contributed by atoms with Crippen molar-refractivity contribution in [3.63, 3.8) is 0 Å². The number of nitrogens with zero attached hydrogens (tertiary/aromatic N) is 4.